The number of halogens is 1. The van der Waals surface area contributed by atoms with E-state index in [1.165, 1.54) is 0 Å². The van der Waals surface area contributed by atoms with Crippen molar-refractivity contribution in [2.24, 2.45) is 0 Å². The van der Waals surface area contributed by atoms with Crippen LogP contribution < -0.4 is 4.89 Å². The maximum absolute atomic E-state index is 5.61. The van der Waals surface area contributed by atoms with Crippen LogP contribution in [0.25, 0.3) is 0 Å². The van der Waals surface area contributed by atoms with E-state index in [9.17, 15) is 0 Å². The predicted molar refractivity (Wildman–Crippen MR) is 36.4 cm³/mol. The molecule has 51 valence electrons. The van der Waals surface area contributed by atoms with Crippen molar-refractivity contribution in [3.63, 3.8) is 0 Å². The van der Waals surface area contributed by atoms with Gasteiger partial charge in [0, 0.05) is 0 Å². The maximum Gasteiger partial charge on any atom is 0.268 e. The van der Waals surface area contributed by atoms with Crippen LogP contribution in [0.1, 0.15) is 5.56 Å². The minimum absolute atomic E-state index is 0.301. The van der Waals surface area contributed by atoms with Gasteiger partial charge in [0.05, 0.1) is 5.56 Å². The Morgan fingerprint density at radius 1 is 1.10 bits per heavy atom. The topological polar surface area (TPSA) is 18.5 Å². The molecular weight excluding hydrogens is 152 g/mol. The van der Waals surface area contributed by atoms with E-state index in [1.807, 2.05) is 18.2 Å². The highest BCUT2D eigenvalue weighted by Gasteiger charge is 2.24. The zero-order chi connectivity index (χ0) is 6.97. The van der Waals surface area contributed by atoms with E-state index in [1.54, 1.807) is 6.07 Å². The van der Waals surface area contributed by atoms with E-state index in [4.69, 9.17) is 16.5 Å². The molecule has 0 saturated carbocycles. The molecule has 2 rings (SSSR count). The first-order chi connectivity index (χ1) is 4.88. The zero-order valence-electron chi connectivity index (χ0n) is 5.00. The number of fused-ring (bicyclic) bond motifs is 1. The standard InChI is InChI=1S/C7H4ClO2/c8-7-5-3-1-2-4-6(5)9-10-7/h1-4H. The minimum Gasteiger partial charge on any atom is -0.335 e. The van der Waals surface area contributed by atoms with Crippen LogP contribution in [0, 0.1) is 5.56 Å². The van der Waals surface area contributed by atoms with Crippen molar-refractivity contribution in [3.8, 4) is 5.75 Å². The highest BCUT2D eigenvalue weighted by Crippen LogP contribution is 2.35. The molecule has 10 heavy (non-hydrogen) atoms. The minimum atomic E-state index is 0.301. The van der Waals surface area contributed by atoms with Gasteiger partial charge in [0.2, 0.25) is 0 Å². The molecule has 3 heteroatoms. The molecule has 0 bridgehead atoms. The van der Waals surface area contributed by atoms with E-state index < -0.39 is 0 Å². The van der Waals surface area contributed by atoms with Crippen LogP contribution in [0.2, 0.25) is 0 Å². The van der Waals surface area contributed by atoms with Gasteiger partial charge in [-0.05, 0) is 6.07 Å². The fraction of sp³-hybridized carbons (Fsp3) is 0. The summed E-state index contributed by atoms with van der Waals surface area (Å²) in [4.78, 5) is 9.35. The third-order valence-corrected chi connectivity index (χ3v) is 1.57. The average Bonchev–Trinajstić information content (AvgIpc) is 2.34. The summed E-state index contributed by atoms with van der Waals surface area (Å²) in [6.07, 6.45) is 0. The fourth-order valence-corrected chi connectivity index (χ4v) is 1.02. The quantitative estimate of drug-likeness (QED) is 0.534. The van der Waals surface area contributed by atoms with Gasteiger partial charge in [-0.1, -0.05) is 29.8 Å². The van der Waals surface area contributed by atoms with Crippen molar-refractivity contribution in [2.45, 2.75) is 0 Å². The Hall–Kier alpha value is -0.730. The van der Waals surface area contributed by atoms with Crippen LogP contribution in [-0.2, 0) is 4.89 Å². The first-order valence-corrected chi connectivity index (χ1v) is 3.22. The largest absolute Gasteiger partial charge is 0.335 e. The second-order valence-electron chi connectivity index (χ2n) is 1.94. The number of hydrogen-bond acceptors (Lipinski definition) is 2. The number of benzene rings is 1. The molecule has 1 aliphatic heterocycles. The van der Waals surface area contributed by atoms with Gasteiger partial charge < -0.3 is 4.89 Å². The Balaban J connectivity index is 2.51. The maximum atomic E-state index is 5.61. The molecule has 0 spiro atoms. The summed E-state index contributed by atoms with van der Waals surface area (Å²) < 4.78 is 0. The van der Waals surface area contributed by atoms with Gasteiger partial charge in [0.15, 0.2) is 5.75 Å². The molecule has 0 N–H and O–H groups in total. The van der Waals surface area contributed by atoms with Gasteiger partial charge >= 0.3 is 0 Å². The van der Waals surface area contributed by atoms with Gasteiger partial charge in [0.25, 0.3) is 5.56 Å². The van der Waals surface area contributed by atoms with Crippen molar-refractivity contribution in [2.75, 3.05) is 0 Å². The van der Waals surface area contributed by atoms with Gasteiger partial charge in [-0.15, -0.1) is 0 Å². The van der Waals surface area contributed by atoms with E-state index in [0.717, 1.165) is 5.56 Å². The molecule has 1 aliphatic rings. The average molecular weight is 156 g/mol. The zero-order valence-corrected chi connectivity index (χ0v) is 5.76. The molecule has 1 radical (unpaired) electrons. The van der Waals surface area contributed by atoms with E-state index in [2.05, 4.69) is 4.89 Å². The molecule has 1 heterocycles. The van der Waals surface area contributed by atoms with Crippen molar-refractivity contribution in [3.05, 3.63) is 35.4 Å². The normalized spacial score (nSPS) is 16.5. The summed E-state index contributed by atoms with van der Waals surface area (Å²) in [5, 5.41) is 0. The van der Waals surface area contributed by atoms with Crippen LogP contribution in [0.15, 0.2) is 24.3 Å². The molecule has 1 aromatic rings. The van der Waals surface area contributed by atoms with Crippen LogP contribution >= 0.6 is 11.6 Å². The Morgan fingerprint density at radius 2 is 1.90 bits per heavy atom. The van der Waals surface area contributed by atoms with Crippen molar-refractivity contribution in [1.29, 1.82) is 0 Å². The Labute approximate surface area is 63.3 Å². The first kappa shape index (κ1) is 6.01. The molecule has 0 saturated heterocycles. The molecule has 0 unspecified atom stereocenters. The molecular formula is C7H4ClO2. The lowest BCUT2D eigenvalue weighted by Gasteiger charge is -1.89. The summed E-state index contributed by atoms with van der Waals surface area (Å²) in [7, 11) is 0. The van der Waals surface area contributed by atoms with Crippen LogP contribution in [0.4, 0.5) is 0 Å². The molecule has 0 aromatic heterocycles. The van der Waals surface area contributed by atoms with E-state index in [0.29, 0.717) is 11.3 Å². The Bertz CT molecular complexity index is 249. The summed E-state index contributed by atoms with van der Waals surface area (Å²) in [6, 6.07) is 7.37. The van der Waals surface area contributed by atoms with Gasteiger partial charge in [0.1, 0.15) is 0 Å². The molecule has 1 aromatic carbocycles. The molecule has 0 fully saturated rings. The Morgan fingerprint density at radius 3 is 2.70 bits per heavy atom. The number of hydrogen-bond donors (Lipinski definition) is 0. The number of rotatable bonds is 0. The highest BCUT2D eigenvalue weighted by molar-refractivity contribution is 6.28. The van der Waals surface area contributed by atoms with E-state index in [-0.39, 0.29) is 0 Å². The second kappa shape index (κ2) is 2.15. The SMILES string of the molecule is Cl[C]1OOc2ccccc21. The monoisotopic (exact) mass is 155 g/mol. The summed E-state index contributed by atoms with van der Waals surface area (Å²) in [5.41, 5.74) is 1.11. The third kappa shape index (κ3) is 0.770. The first-order valence-electron chi connectivity index (χ1n) is 2.84. The van der Waals surface area contributed by atoms with Crippen molar-refractivity contribution in [1.82, 2.24) is 0 Å². The fourth-order valence-electron chi connectivity index (χ4n) is 0.828. The summed E-state index contributed by atoms with van der Waals surface area (Å²) in [6.45, 7) is 0. The summed E-state index contributed by atoms with van der Waals surface area (Å²) in [5.74, 6) is 0.674. The molecule has 2 nitrogen and oxygen atoms in total. The lowest BCUT2D eigenvalue weighted by molar-refractivity contribution is -0.157. The van der Waals surface area contributed by atoms with Gasteiger partial charge in [-0.3, -0.25) is 0 Å². The van der Waals surface area contributed by atoms with E-state index >= 15 is 0 Å². The Kier molecular flexibility index (Phi) is 1.29. The van der Waals surface area contributed by atoms with Crippen LogP contribution in [0.5, 0.6) is 5.75 Å². The van der Waals surface area contributed by atoms with Crippen LogP contribution in [-0.4, -0.2) is 0 Å². The number of para-hydroxylation sites is 1. The summed E-state index contributed by atoms with van der Waals surface area (Å²) >= 11 is 5.61. The van der Waals surface area contributed by atoms with Gasteiger partial charge in [-0.2, -0.15) is 4.89 Å². The lowest BCUT2D eigenvalue weighted by Crippen LogP contribution is -1.86. The lowest BCUT2D eigenvalue weighted by atomic mass is 10.2. The van der Waals surface area contributed by atoms with Gasteiger partial charge in [-0.25, -0.2) is 0 Å². The predicted octanol–water partition coefficient (Wildman–Crippen LogP) is 2.09. The van der Waals surface area contributed by atoms with Crippen LogP contribution in [0.3, 0.4) is 0 Å². The third-order valence-electron chi connectivity index (χ3n) is 1.30. The molecule has 0 aliphatic carbocycles. The molecule has 0 atom stereocenters. The second-order valence-corrected chi connectivity index (χ2v) is 2.28. The molecule has 0 amide bonds. The van der Waals surface area contributed by atoms with Crippen molar-refractivity contribution >= 4 is 11.6 Å². The smallest absolute Gasteiger partial charge is 0.268 e. The van der Waals surface area contributed by atoms with Crippen molar-refractivity contribution < 1.29 is 9.78 Å². The highest BCUT2D eigenvalue weighted by atomic mass is 35.5.